The molecule has 3 heterocycles. The van der Waals surface area contributed by atoms with E-state index >= 15 is 0 Å². The molecule has 2 aromatic heterocycles. The van der Waals surface area contributed by atoms with E-state index in [1.54, 1.807) is 0 Å². The molecule has 23 heavy (non-hydrogen) atoms. The first kappa shape index (κ1) is 14.0. The zero-order valence-corrected chi connectivity index (χ0v) is 12.6. The lowest BCUT2D eigenvalue weighted by Gasteiger charge is -2.09. The van der Waals surface area contributed by atoms with Gasteiger partial charge in [0, 0.05) is 30.3 Å². The smallest absolute Gasteiger partial charge is 0.229 e. The number of amides is 1. The average Bonchev–Trinajstić information content (AvgIpc) is 3.25. The third-order valence-electron chi connectivity index (χ3n) is 4.11. The van der Waals surface area contributed by atoms with Gasteiger partial charge < -0.3 is 14.5 Å². The molecule has 0 saturated carbocycles. The lowest BCUT2D eigenvalue weighted by Crippen LogP contribution is -2.22. The SMILES string of the molecule is O=C(Nc1ccc(-c2cn3ccccc3n2)cc1)[C@H]1CCOC1. The summed E-state index contributed by atoms with van der Waals surface area (Å²) in [6.45, 7) is 1.19. The molecule has 0 radical (unpaired) electrons. The Bertz CT molecular complexity index is 800. The molecule has 1 amide bonds. The van der Waals surface area contributed by atoms with Gasteiger partial charge in [0.25, 0.3) is 0 Å². The van der Waals surface area contributed by atoms with Crippen LogP contribution in [0.5, 0.6) is 0 Å². The number of benzene rings is 1. The highest BCUT2D eigenvalue weighted by atomic mass is 16.5. The van der Waals surface area contributed by atoms with Gasteiger partial charge in [-0.2, -0.15) is 0 Å². The number of aromatic nitrogens is 2. The van der Waals surface area contributed by atoms with Crippen LogP contribution in [-0.2, 0) is 9.53 Å². The largest absolute Gasteiger partial charge is 0.381 e. The summed E-state index contributed by atoms with van der Waals surface area (Å²) in [6.07, 6.45) is 4.77. The topological polar surface area (TPSA) is 55.6 Å². The first-order chi connectivity index (χ1) is 11.3. The number of anilines is 1. The standard InChI is InChI=1S/C18H17N3O2/c22-18(14-8-10-23-12-14)19-15-6-4-13(5-7-15)16-11-21-9-2-1-3-17(21)20-16/h1-7,9,11,14H,8,10,12H2,(H,19,22)/t14-/m0/s1. The van der Waals surface area contributed by atoms with Crippen molar-refractivity contribution in [3.8, 4) is 11.3 Å². The summed E-state index contributed by atoms with van der Waals surface area (Å²) < 4.78 is 7.24. The number of rotatable bonds is 3. The van der Waals surface area contributed by atoms with Crippen molar-refractivity contribution in [2.24, 2.45) is 5.92 Å². The van der Waals surface area contributed by atoms with Crippen LogP contribution in [0.15, 0.2) is 54.9 Å². The third-order valence-corrected chi connectivity index (χ3v) is 4.11. The summed E-state index contributed by atoms with van der Waals surface area (Å²) in [5.74, 6) is -0.00361. The second kappa shape index (κ2) is 5.85. The molecule has 0 aliphatic carbocycles. The molecule has 1 aliphatic rings. The highest BCUT2D eigenvalue weighted by Crippen LogP contribution is 2.22. The Balaban J connectivity index is 1.52. The number of fused-ring (bicyclic) bond motifs is 1. The molecule has 0 bridgehead atoms. The summed E-state index contributed by atoms with van der Waals surface area (Å²) in [7, 11) is 0. The van der Waals surface area contributed by atoms with Gasteiger partial charge in [-0.15, -0.1) is 0 Å². The number of carbonyl (C=O) groups excluding carboxylic acids is 1. The van der Waals surface area contributed by atoms with Gasteiger partial charge in [-0.1, -0.05) is 18.2 Å². The molecule has 5 heteroatoms. The molecule has 0 unspecified atom stereocenters. The second-order valence-electron chi connectivity index (χ2n) is 5.72. The molecule has 1 N–H and O–H groups in total. The minimum Gasteiger partial charge on any atom is -0.381 e. The number of imidazole rings is 1. The van der Waals surface area contributed by atoms with Crippen LogP contribution in [0.4, 0.5) is 5.69 Å². The molecule has 1 aromatic carbocycles. The second-order valence-corrected chi connectivity index (χ2v) is 5.72. The molecule has 1 saturated heterocycles. The Morgan fingerprint density at radius 1 is 1.22 bits per heavy atom. The van der Waals surface area contributed by atoms with E-state index in [1.807, 2.05) is 59.3 Å². The maximum atomic E-state index is 12.1. The highest BCUT2D eigenvalue weighted by molar-refractivity contribution is 5.93. The van der Waals surface area contributed by atoms with E-state index in [2.05, 4.69) is 10.3 Å². The van der Waals surface area contributed by atoms with E-state index in [0.29, 0.717) is 13.2 Å². The van der Waals surface area contributed by atoms with Crippen molar-refractivity contribution < 1.29 is 9.53 Å². The van der Waals surface area contributed by atoms with E-state index < -0.39 is 0 Å². The van der Waals surface area contributed by atoms with Crippen molar-refractivity contribution >= 4 is 17.2 Å². The molecule has 1 fully saturated rings. The predicted molar refractivity (Wildman–Crippen MR) is 88.2 cm³/mol. The zero-order valence-electron chi connectivity index (χ0n) is 12.6. The zero-order chi connectivity index (χ0) is 15.6. The van der Waals surface area contributed by atoms with Crippen LogP contribution in [0.1, 0.15) is 6.42 Å². The molecular weight excluding hydrogens is 290 g/mol. The van der Waals surface area contributed by atoms with E-state index in [0.717, 1.165) is 29.0 Å². The van der Waals surface area contributed by atoms with Crippen molar-refractivity contribution in [3.05, 3.63) is 54.9 Å². The molecule has 0 spiro atoms. The van der Waals surface area contributed by atoms with Gasteiger partial charge in [0.15, 0.2) is 0 Å². The fourth-order valence-electron chi connectivity index (χ4n) is 2.78. The number of hydrogen-bond donors (Lipinski definition) is 1. The normalized spacial score (nSPS) is 17.5. The number of carbonyl (C=O) groups is 1. The monoisotopic (exact) mass is 307 g/mol. The van der Waals surface area contributed by atoms with Crippen LogP contribution in [0.3, 0.4) is 0 Å². The van der Waals surface area contributed by atoms with Crippen molar-refractivity contribution in [1.29, 1.82) is 0 Å². The lowest BCUT2D eigenvalue weighted by atomic mass is 10.1. The maximum absolute atomic E-state index is 12.1. The Labute approximate surface area is 133 Å². The Morgan fingerprint density at radius 2 is 2.09 bits per heavy atom. The summed E-state index contributed by atoms with van der Waals surface area (Å²) >= 11 is 0. The van der Waals surface area contributed by atoms with Crippen LogP contribution in [0.2, 0.25) is 0 Å². The number of pyridine rings is 1. The van der Waals surface area contributed by atoms with Crippen LogP contribution >= 0.6 is 0 Å². The Kier molecular flexibility index (Phi) is 3.55. The molecule has 1 atom stereocenters. The summed E-state index contributed by atoms with van der Waals surface area (Å²) in [5, 5.41) is 2.94. The molecule has 4 rings (SSSR count). The fraction of sp³-hybridized carbons (Fsp3) is 0.222. The minimum absolute atomic E-state index is 0.0305. The number of nitrogens with one attached hydrogen (secondary N) is 1. The first-order valence-electron chi connectivity index (χ1n) is 7.72. The fourth-order valence-corrected chi connectivity index (χ4v) is 2.78. The lowest BCUT2D eigenvalue weighted by molar-refractivity contribution is -0.119. The minimum atomic E-state index is -0.0342. The molecular formula is C18H17N3O2. The number of nitrogens with zero attached hydrogens (tertiary/aromatic N) is 2. The number of hydrogen-bond acceptors (Lipinski definition) is 3. The Morgan fingerprint density at radius 3 is 2.83 bits per heavy atom. The third kappa shape index (κ3) is 2.83. The van der Waals surface area contributed by atoms with Gasteiger partial charge in [0.1, 0.15) is 5.65 Å². The van der Waals surface area contributed by atoms with Crippen molar-refractivity contribution in [1.82, 2.24) is 9.38 Å². The van der Waals surface area contributed by atoms with E-state index in [4.69, 9.17) is 4.74 Å². The van der Waals surface area contributed by atoms with Crippen molar-refractivity contribution in [2.75, 3.05) is 18.5 Å². The van der Waals surface area contributed by atoms with Crippen LogP contribution in [0.25, 0.3) is 16.9 Å². The molecule has 116 valence electrons. The molecule has 5 nitrogen and oxygen atoms in total. The molecule has 1 aliphatic heterocycles. The Hall–Kier alpha value is -2.66. The van der Waals surface area contributed by atoms with Crippen molar-refractivity contribution in [2.45, 2.75) is 6.42 Å². The number of ether oxygens (including phenoxy) is 1. The van der Waals surface area contributed by atoms with Gasteiger partial charge in [-0.25, -0.2) is 4.98 Å². The van der Waals surface area contributed by atoms with E-state index in [9.17, 15) is 4.79 Å². The summed E-state index contributed by atoms with van der Waals surface area (Å²) in [4.78, 5) is 16.7. The first-order valence-corrected chi connectivity index (χ1v) is 7.72. The van der Waals surface area contributed by atoms with Crippen LogP contribution in [-0.4, -0.2) is 28.5 Å². The van der Waals surface area contributed by atoms with Gasteiger partial charge in [-0.3, -0.25) is 4.79 Å². The van der Waals surface area contributed by atoms with Gasteiger partial charge in [0.2, 0.25) is 5.91 Å². The van der Waals surface area contributed by atoms with E-state index in [-0.39, 0.29) is 11.8 Å². The van der Waals surface area contributed by atoms with E-state index in [1.165, 1.54) is 0 Å². The molecule has 3 aromatic rings. The summed E-state index contributed by atoms with van der Waals surface area (Å²) in [6, 6.07) is 13.7. The van der Waals surface area contributed by atoms with Crippen LogP contribution in [0, 0.1) is 5.92 Å². The summed E-state index contributed by atoms with van der Waals surface area (Å²) in [5.41, 5.74) is 3.66. The van der Waals surface area contributed by atoms with Gasteiger partial charge >= 0.3 is 0 Å². The van der Waals surface area contributed by atoms with Crippen molar-refractivity contribution in [3.63, 3.8) is 0 Å². The highest BCUT2D eigenvalue weighted by Gasteiger charge is 2.23. The predicted octanol–water partition coefficient (Wildman–Crippen LogP) is 2.98. The average molecular weight is 307 g/mol. The quantitative estimate of drug-likeness (QED) is 0.809. The van der Waals surface area contributed by atoms with Crippen LogP contribution < -0.4 is 5.32 Å². The maximum Gasteiger partial charge on any atom is 0.229 e. The van der Waals surface area contributed by atoms with Gasteiger partial charge in [0.05, 0.1) is 18.2 Å². The van der Waals surface area contributed by atoms with Gasteiger partial charge in [-0.05, 0) is 30.7 Å².